The summed E-state index contributed by atoms with van der Waals surface area (Å²) in [7, 11) is 0. The van der Waals surface area contributed by atoms with Crippen LogP contribution >= 0.6 is 23.1 Å². The summed E-state index contributed by atoms with van der Waals surface area (Å²) in [6.45, 7) is 0. The molecular weight excluding hydrogens is 278 g/mol. The number of para-hydroxylation sites is 1. The van der Waals surface area contributed by atoms with Crippen LogP contribution in [0.25, 0.3) is 21.4 Å². The van der Waals surface area contributed by atoms with E-state index < -0.39 is 0 Å². The van der Waals surface area contributed by atoms with Crippen molar-refractivity contribution in [2.75, 3.05) is 0 Å². The van der Waals surface area contributed by atoms with Crippen LogP contribution < -0.4 is 0 Å². The average Bonchev–Trinajstić information content (AvgIpc) is 3.00. The molecule has 1 N–H and O–H groups in total. The fourth-order valence-electron chi connectivity index (χ4n) is 1.77. The Morgan fingerprint density at radius 3 is 3.00 bits per heavy atom. The van der Waals surface area contributed by atoms with Gasteiger partial charge in [-0.2, -0.15) is 0 Å². The number of hydrogen-bond donors (Lipinski definition) is 1. The molecule has 3 aromatic heterocycles. The van der Waals surface area contributed by atoms with Crippen LogP contribution in [0.2, 0.25) is 0 Å². The Morgan fingerprint density at radius 1 is 1.16 bits per heavy atom. The summed E-state index contributed by atoms with van der Waals surface area (Å²) in [6.07, 6.45) is 3.22. The van der Waals surface area contributed by atoms with Gasteiger partial charge in [0.25, 0.3) is 0 Å². The van der Waals surface area contributed by atoms with Crippen molar-refractivity contribution in [1.29, 1.82) is 0 Å². The van der Waals surface area contributed by atoms with Crippen LogP contribution in [0.1, 0.15) is 0 Å². The maximum absolute atomic E-state index is 4.56. The first-order chi connectivity index (χ1) is 9.38. The predicted octanol–water partition coefficient (Wildman–Crippen LogP) is 3.11. The monoisotopic (exact) mass is 285 g/mol. The molecule has 0 aliphatic carbocycles. The first kappa shape index (κ1) is 10.9. The highest BCUT2D eigenvalue weighted by Crippen LogP contribution is 2.33. The molecule has 0 amide bonds. The zero-order chi connectivity index (χ0) is 12.7. The lowest BCUT2D eigenvalue weighted by molar-refractivity contribution is 1.07. The van der Waals surface area contributed by atoms with E-state index in [1.54, 1.807) is 17.5 Å². The summed E-state index contributed by atoms with van der Waals surface area (Å²) in [4.78, 5) is 20.2. The van der Waals surface area contributed by atoms with Crippen molar-refractivity contribution in [1.82, 2.24) is 24.9 Å². The number of thiazole rings is 1. The lowest BCUT2D eigenvalue weighted by Gasteiger charge is -1.88. The van der Waals surface area contributed by atoms with Gasteiger partial charge in [-0.15, -0.1) is 11.3 Å². The summed E-state index contributed by atoms with van der Waals surface area (Å²) in [6, 6.07) is 8.10. The quantitative estimate of drug-likeness (QED) is 0.613. The van der Waals surface area contributed by atoms with Crippen LogP contribution in [0, 0.1) is 0 Å². The number of fused-ring (bicyclic) bond motifs is 2. The molecule has 0 saturated heterocycles. The number of nitrogens with one attached hydrogen (secondary N) is 1. The van der Waals surface area contributed by atoms with Crippen LogP contribution in [-0.4, -0.2) is 24.9 Å². The second-order valence-corrected chi connectivity index (χ2v) is 6.12. The molecule has 4 rings (SSSR count). The van der Waals surface area contributed by atoms with Crippen molar-refractivity contribution < 1.29 is 0 Å². The van der Waals surface area contributed by atoms with Crippen molar-refractivity contribution in [2.45, 2.75) is 9.50 Å². The van der Waals surface area contributed by atoms with Crippen LogP contribution in [0.15, 0.2) is 46.3 Å². The number of rotatable bonds is 2. The molecule has 0 saturated carbocycles. The molecule has 4 aromatic rings. The van der Waals surface area contributed by atoms with Gasteiger partial charge in [-0.05, 0) is 23.9 Å². The number of aromatic amines is 1. The van der Waals surface area contributed by atoms with Crippen molar-refractivity contribution in [3.63, 3.8) is 0 Å². The molecule has 0 spiro atoms. The number of H-pyrrole nitrogens is 1. The Labute approximate surface area is 116 Å². The Morgan fingerprint density at radius 2 is 2.11 bits per heavy atom. The zero-order valence-corrected chi connectivity index (χ0v) is 11.2. The van der Waals surface area contributed by atoms with Crippen molar-refractivity contribution in [2.24, 2.45) is 0 Å². The normalized spacial score (nSPS) is 11.4. The number of nitrogens with zero attached hydrogens (tertiary/aromatic N) is 4. The average molecular weight is 285 g/mol. The van der Waals surface area contributed by atoms with Gasteiger partial charge in [-0.1, -0.05) is 12.1 Å². The molecular formula is C12H7N5S2. The van der Waals surface area contributed by atoms with E-state index in [-0.39, 0.29) is 0 Å². The highest BCUT2D eigenvalue weighted by molar-refractivity contribution is 8.01. The Hall–Kier alpha value is -1.99. The van der Waals surface area contributed by atoms with E-state index in [1.807, 2.05) is 18.2 Å². The summed E-state index contributed by atoms with van der Waals surface area (Å²) in [5.41, 5.74) is 2.54. The van der Waals surface area contributed by atoms with E-state index >= 15 is 0 Å². The van der Waals surface area contributed by atoms with E-state index in [4.69, 9.17) is 0 Å². The minimum Gasteiger partial charge on any atom is -0.330 e. The van der Waals surface area contributed by atoms with Gasteiger partial charge < -0.3 is 4.98 Å². The molecule has 1 aromatic carbocycles. The fourth-order valence-corrected chi connectivity index (χ4v) is 3.74. The number of imidazole rings is 1. The summed E-state index contributed by atoms with van der Waals surface area (Å²) in [5, 5.41) is 0.787. The number of aromatic nitrogens is 5. The largest absolute Gasteiger partial charge is 0.330 e. The second-order valence-electron chi connectivity index (χ2n) is 3.85. The molecule has 92 valence electrons. The maximum Gasteiger partial charge on any atom is 0.181 e. The fraction of sp³-hybridized carbons (Fsp3) is 0. The van der Waals surface area contributed by atoms with Gasteiger partial charge >= 0.3 is 0 Å². The Bertz CT molecular complexity index is 728. The molecule has 0 aliphatic rings. The molecule has 0 bridgehead atoms. The van der Waals surface area contributed by atoms with Crippen molar-refractivity contribution in [3.8, 4) is 0 Å². The zero-order valence-electron chi connectivity index (χ0n) is 9.57. The topological polar surface area (TPSA) is 67.3 Å². The molecule has 0 radical (unpaired) electrons. The first-order valence-corrected chi connectivity index (χ1v) is 7.21. The van der Waals surface area contributed by atoms with E-state index in [1.165, 1.54) is 22.8 Å². The van der Waals surface area contributed by atoms with Gasteiger partial charge in [0.15, 0.2) is 15.1 Å². The van der Waals surface area contributed by atoms with Gasteiger partial charge in [0.05, 0.1) is 16.4 Å². The third kappa shape index (κ3) is 1.96. The summed E-state index contributed by atoms with van der Waals surface area (Å²) < 4.78 is 2.15. The first-order valence-electron chi connectivity index (χ1n) is 5.58. The van der Waals surface area contributed by atoms with E-state index in [0.29, 0.717) is 5.65 Å². The van der Waals surface area contributed by atoms with Gasteiger partial charge in [-0.3, -0.25) is 0 Å². The SMILES string of the molecule is c1ccc2sc(Sc3nc4ncncc4[nH]3)nc2c1. The Kier molecular flexibility index (Phi) is 2.46. The lowest BCUT2D eigenvalue weighted by atomic mass is 10.3. The molecule has 3 heterocycles. The number of benzene rings is 1. The molecule has 0 unspecified atom stereocenters. The lowest BCUT2D eigenvalue weighted by Crippen LogP contribution is -1.76. The van der Waals surface area contributed by atoms with E-state index in [9.17, 15) is 0 Å². The van der Waals surface area contributed by atoms with Crippen molar-refractivity contribution >= 4 is 44.5 Å². The van der Waals surface area contributed by atoms with Crippen LogP contribution in [0.5, 0.6) is 0 Å². The highest BCUT2D eigenvalue weighted by atomic mass is 32.2. The minimum atomic E-state index is 0.679. The molecule has 5 nitrogen and oxygen atoms in total. The Balaban J connectivity index is 1.73. The van der Waals surface area contributed by atoms with Crippen molar-refractivity contribution in [3.05, 3.63) is 36.8 Å². The van der Waals surface area contributed by atoms with Crippen LogP contribution in [0.4, 0.5) is 0 Å². The smallest absolute Gasteiger partial charge is 0.181 e. The van der Waals surface area contributed by atoms with E-state index in [2.05, 4.69) is 31.0 Å². The number of hydrogen-bond acceptors (Lipinski definition) is 6. The second kappa shape index (κ2) is 4.29. The maximum atomic E-state index is 4.56. The molecule has 19 heavy (non-hydrogen) atoms. The van der Waals surface area contributed by atoms with Gasteiger partial charge in [0.1, 0.15) is 11.8 Å². The van der Waals surface area contributed by atoms with Crippen LogP contribution in [-0.2, 0) is 0 Å². The van der Waals surface area contributed by atoms with Gasteiger partial charge in [0, 0.05) is 0 Å². The predicted molar refractivity (Wildman–Crippen MR) is 75.4 cm³/mol. The minimum absolute atomic E-state index is 0.679. The molecule has 0 atom stereocenters. The van der Waals surface area contributed by atoms with Gasteiger partial charge in [-0.25, -0.2) is 19.9 Å². The third-order valence-corrected chi connectivity index (χ3v) is 4.58. The third-order valence-electron chi connectivity index (χ3n) is 2.60. The van der Waals surface area contributed by atoms with E-state index in [0.717, 1.165) is 20.5 Å². The summed E-state index contributed by atoms with van der Waals surface area (Å²) in [5.74, 6) is 0. The molecule has 7 heteroatoms. The molecule has 0 aliphatic heterocycles. The highest BCUT2D eigenvalue weighted by Gasteiger charge is 2.09. The standard InChI is InChI=1S/C12H7N5S2/c1-2-4-9-7(3-1)16-12(18-9)19-11-15-8-5-13-6-14-10(8)17-11/h1-6H,(H,13,14,15,17). The van der Waals surface area contributed by atoms with Crippen LogP contribution in [0.3, 0.4) is 0 Å². The van der Waals surface area contributed by atoms with Gasteiger partial charge in [0.2, 0.25) is 0 Å². The summed E-state index contributed by atoms with van der Waals surface area (Å²) >= 11 is 3.17. The molecule has 0 fully saturated rings.